The number of carboxylic acids is 1. The Morgan fingerprint density at radius 1 is 1.21 bits per heavy atom. The van der Waals surface area contributed by atoms with E-state index in [4.69, 9.17) is 0 Å². The van der Waals surface area contributed by atoms with Crippen molar-refractivity contribution in [3.8, 4) is 0 Å². The number of carbonyl (C=O) groups is 1. The summed E-state index contributed by atoms with van der Waals surface area (Å²) < 4.78 is 14.1. The predicted octanol–water partition coefficient (Wildman–Crippen LogP) is 3.23. The zero-order valence-electron chi connectivity index (χ0n) is 14.1. The summed E-state index contributed by atoms with van der Waals surface area (Å²) >= 11 is 0. The van der Waals surface area contributed by atoms with Gasteiger partial charge in [0.2, 0.25) is 0 Å². The second kappa shape index (κ2) is 7.31. The standard InChI is InChI=1S/C17H13FN4O6/c18-11-2-1-3-13-16(11)9(8-19-13)6-14(17(23)24)20-12-5-4-10(21(25)26)7-15(12)22(27)28/h1-5,7-8,14,19-20H,6H2,(H,23,24)/t14-/m0/s1. The number of fused-ring (bicyclic) bond motifs is 1. The summed E-state index contributed by atoms with van der Waals surface area (Å²) in [4.78, 5) is 34.9. The van der Waals surface area contributed by atoms with Gasteiger partial charge in [0.05, 0.1) is 15.9 Å². The molecule has 28 heavy (non-hydrogen) atoms. The number of hydrogen-bond donors (Lipinski definition) is 3. The van der Waals surface area contributed by atoms with Crippen LogP contribution in [0.2, 0.25) is 0 Å². The van der Waals surface area contributed by atoms with E-state index in [1.54, 1.807) is 6.07 Å². The van der Waals surface area contributed by atoms with Gasteiger partial charge in [0.15, 0.2) is 0 Å². The molecule has 3 aromatic rings. The van der Waals surface area contributed by atoms with E-state index in [-0.39, 0.29) is 17.5 Å². The molecule has 0 aliphatic rings. The van der Waals surface area contributed by atoms with E-state index in [9.17, 15) is 34.5 Å². The number of non-ortho nitro benzene ring substituents is 1. The lowest BCUT2D eigenvalue weighted by Crippen LogP contribution is -2.31. The van der Waals surface area contributed by atoms with Crippen molar-refractivity contribution < 1.29 is 24.1 Å². The van der Waals surface area contributed by atoms with Gasteiger partial charge in [-0.3, -0.25) is 20.2 Å². The van der Waals surface area contributed by atoms with Gasteiger partial charge in [-0.2, -0.15) is 0 Å². The van der Waals surface area contributed by atoms with Gasteiger partial charge in [0.25, 0.3) is 11.4 Å². The monoisotopic (exact) mass is 388 g/mol. The summed E-state index contributed by atoms with van der Waals surface area (Å²) in [6, 6.07) is 5.88. The summed E-state index contributed by atoms with van der Waals surface area (Å²) in [5.41, 5.74) is -0.463. The molecule has 1 heterocycles. The maximum absolute atomic E-state index is 14.1. The van der Waals surface area contributed by atoms with Crippen molar-refractivity contribution >= 4 is 33.9 Å². The molecule has 0 saturated carbocycles. The Labute approximate surface area is 155 Å². The van der Waals surface area contributed by atoms with Crippen LogP contribution in [0, 0.1) is 26.0 Å². The first kappa shape index (κ1) is 18.8. The third-order valence-corrected chi connectivity index (χ3v) is 4.18. The number of nitro benzene ring substituents is 2. The first-order chi connectivity index (χ1) is 13.3. The second-order valence-electron chi connectivity index (χ2n) is 5.93. The molecule has 10 nitrogen and oxygen atoms in total. The molecule has 3 rings (SSSR count). The average molecular weight is 388 g/mol. The number of aromatic amines is 1. The molecule has 11 heteroatoms. The van der Waals surface area contributed by atoms with Crippen LogP contribution in [0.1, 0.15) is 5.56 Å². The molecule has 0 amide bonds. The lowest BCUT2D eigenvalue weighted by atomic mass is 10.0. The number of nitrogens with zero attached hydrogens (tertiary/aromatic N) is 2. The largest absolute Gasteiger partial charge is 0.480 e. The van der Waals surface area contributed by atoms with Gasteiger partial charge in [0, 0.05) is 29.6 Å². The average Bonchev–Trinajstić information content (AvgIpc) is 3.05. The molecule has 1 aromatic heterocycles. The van der Waals surface area contributed by atoms with Crippen LogP contribution in [-0.2, 0) is 11.2 Å². The van der Waals surface area contributed by atoms with Gasteiger partial charge >= 0.3 is 5.97 Å². The highest BCUT2D eigenvalue weighted by Gasteiger charge is 2.26. The van der Waals surface area contributed by atoms with E-state index in [0.717, 1.165) is 18.2 Å². The number of halogens is 1. The van der Waals surface area contributed by atoms with Crippen molar-refractivity contribution in [1.29, 1.82) is 0 Å². The van der Waals surface area contributed by atoms with Crippen LogP contribution in [0.25, 0.3) is 10.9 Å². The van der Waals surface area contributed by atoms with Crippen molar-refractivity contribution in [2.75, 3.05) is 5.32 Å². The number of nitro groups is 2. The number of H-pyrrole nitrogens is 1. The Balaban J connectivity index is 1.95. The minimum absolute atomic E-state index is 0.176. The van der Waals surface area contributed by atoms with Gasteiger partial charge in [-0.15, -0.1) is 0 Å². The maximum Gasteiger partial charge on any atom is 0.326 e. The topological polar surface area (TPSA) is 151 Å². The van der Waals surface area contributed by atoms with Crippen LogP contribution in [0.3, 0.4) is 0 Å². The molecule has 0 unspecified atom stereocenters. The number of anilines is 1. The molecule has 0 saturated heterocycles. The molecule has 3 N–H and O–H groups in total. The highest BCUT2D eigenvalue weighted by Crippen LogP contribution is 2.30. The molecule has 1 atom stereocenters. The molecule has 0 fully saturated rings. The smallest absolute Gasteiger partial charge is 0.326 e. The SMILES string of the molecule is O=C(O)[C@H](Cc1c[nH]c2cccc(F)c12)Nc1ccc([N+](=O)[O-])cc1[N+](=O)[O-]. The predicted molar refractivity (Wildman–Crippen MR) is 96.8 cm³/mol. The van der Waals surface area contributed by atoms with Gasteiger partial charge in [-0.25, -0.2) is 9.18 Å². The summed E-state index contributed by atoms with van der Waals surface area (Å²) in [5.74, 6) is -1.85. The van der Waals surface area contributed by atoms with Crippen LogP contribution in [0.15, 0.2) is 42.6 Å². The van der Waals surface area contributed by atoms with Crippen LogP contribution >= 0.6 is 0 Å². The van der Waals surface area contributed by atoms with Crippen LogP contribution in [0.5, 0.6) is 0 Å². The van der Waals surface area contributed by atoms with Crippen molar-refractivity contribution in [2.45, 2.75) is 12.5 Å². The molecule has 144 valence electrons. The summed E-state index contributed by atoms with van der Waals surface area (Å²) in [5, 5.41) is 34.3. The number of benzene rings is 2. The van der Waals surface area contributed by atoms with Gasteiger partial charge in [-0.05, 0) is 23.8 Å². The van der Waals surface area contributed by atoms with Crippen LogP contribution in [0.4, 0.5) is 21.5 Å². The highest BCUT2D eigenvalue weighted by atomic mass is 19.1. The minimum Gasteiger partial charge on any atom is -0.480 e. The molecular weight excluding hydrogens is 375 g/mol. The van der Waals surface area contributed by atoms with Crippen molar-refractivity contribution in [3.05, 3.63) is 74.2 Å². The summed E-state index contributed by atoms with van der Waals surface area (Å²) in [6.45, 7) is 0. The third-order valence-electron chi connectivity index (χ3n) is 4.18. The lowest BCUT2D eigenvalue weighted by Gasteiger charge is -2.15. The number of carboxylic acid groups (broad SMARTS) is 1. The number of nitrogens with one attached hydrogen (secondary N) is 2. The van der Waals surface area contributed by atoms with Gasteiger partial charge in [-0.1, -0.05) is 6.07 Å². The lowest BCUT2D eigenvalue weighted by molar-refractivity contribution is -0.393. The molecular formula is C17H13FN4O6. The van der Waals surface area contributed by atoms with E-state index in [1.165, 1.54) is 18.3 Å². The zero-order valence-corrected chi connectivity index (χ0v) is 14.1. The van der Waals surface area contributed by atoms with Crippen molar-refractivity contribution in [2.24, 2.45) is 0 Å². The normalized spacial score (nSPS) is 11.9. The highest BCUT2D eigenvalue weighted by molar-refractivity contribution is 5.86. The fraction of sp³-hybridized carbons (Fsp3) is 0.118. The molecule has 0 radical (unpaired) electrons. The van der Waals surface area contributed by atoms with Crippen LogP contribution in [-0.4, -0.2) is 31.9 Å². The molecule has 0 spiro atoms. The molecule has 0 aliphatic heterocycles. The Kier molecular flexibility index (Phi) is 4.90. The van der Waals surface area contributed by atoms with E-state index in [2.05, 4.69) is 10.3 Å². The Bertz CT molecular complexity index is 1100. The van der Waals surface area contributed by atoms with E-state index in [0.29, 0.717) is 11.1 Å². The summed E-state index contributed by atoms with van der Waals surface area (Å²) in [7, 11) is 0. The van der Waals surface area contributed by atoms with Crippen LogP contribution < -0.4 is 5.32 Å². The Hall–Kier alpha value is -4.02. The number of aliphatic carboxylic acids is 1. The van der Waals surface area contributed by atoms with E-state index >= 15 is 0 Å². The fourth-order valence-corrected chi connectivity index (χ4v) is 2.88. The Morgan fingerprint density at radius 3 is 2.61 bits per heavy atom. The quantitative estimate of drug-likeness (QED) is 0.415. The van der Waals surface area contributed by atoms with E-state index in [1.807, 2.05) is 0 Å². The zero-order chi connectivity index (χ0) is 20.4. The van der Waals surface area contributed by atoms with E-state index < -0.39 is 39.0 Å². The Morgan fingerprint density at radius 2 is 1.96 bits per heavy atom. The molecule has 0 bridgehead atoms. The second-order valence-corrected chi connectivity index (χ2v) is 5.93. The maximum atomic E-state index is 14.1. The number of aromatic nitrogens is 1. The van der Waals surface area contributed by atoms with Crippen molar-refractivity contribution in [3.63, 3.8) is 0 Å². The van der Waals surface area contributed by atoms with Gasteiger partial charge < -0.3 is 15.4 Å². The third kappa shape index (κ3) is 3.58. The number of hydrogen-bond acceptors (Lipinski definition) is 6. The molecule has 0 aliphatic carbocycles. The fourth-order valence-electron chi connectivity index (χ4n) is 2.88. The summed E-state index contributed by atoms with van der Waals surface area (Å²) in [6.07, 6.45) is 1.29. The minimum atomic E-state index is -1.33. The first-order valence-corrected chi connectivity index (χ1v) is 7.94. The number of rotatable bonds is 7. The molecule has 2 aromatic carbocycles. The first-order valence-electron chi connectivity index (χ1n) is 7.94. The van der Waals surface area contributed by atoms with Gasteiger partial charge in [0.1, 0.15) is 17.5 Å². The van der Waals surface area contributed by atoms with Crippen molar-refractivity contribution in [1.82, 2.24) is 4.98 Å².